The first-order valence-corrected chi connectivity index (χ1v) is 8.43. The van der Waals surface area contributed by atoms with Gasteiger partial charge in [0.1, 0.15) is 11.5 Å². The molecule has 3 aromatic heterocycles. The van der Waals surface area contributed by atoms with Crippen molar-refractivity contribution in [2.75, 3.05) is 31.1 Å². The molecule has 27 heavy (non-hydrogen) atoms. The Kier molecular flexibility index (Phi) is 4.15. The third-order valence-electron chi connectivity index (χ3n) is 4.53. The third-order valence-corrected chi connectivity index (χ3v) is 4.53. The van der Waals surface area contributed by atoms with Gasteiger partial charge >= 0.3 is 5.97 Å². The van der Waals surface area contributed by atoms with Crippen LogP contribution in [0.4, 0.5) is 5.82 Å². The van der Waals surface area contributed by atoms with Gasteiger partial charge in [-0.15, -0.1) is 0 Å². The average Bonchev–Trinajstić information content (AvgIpc) is 3.11. The molecule has 10 heteroatoms. The molecular weight excluding hydrogens is 350 g/mol. The minimum absolute atomic E-state index is 0.0756. The molecule has 1 aliphatic heterocycles. The van der Waals surface area contributed by atoms with Crippen molar-refractivity contribution in [3.63, 3.8) is 0 Å². The van der Waals surface area contributed by atoms with E-state index >= 15 is 0 Å². The van der Waals surface area contributed by atoms with Gasteiger partial charge in [-0.3, -0.25) is 9.20 Å². The molecule has 1 amide bonds. The second kappa shape index (κ2) is 6.63. The molecule has 0 saturated carbocycles. The lowest BCUT2D eigenvalue weighted by molar-refractivity contribution is -0.129. The first kappa shape index (κ1) is 16.9. The summed E-state index contributed by atoms with van der Waals surface area (Å²) in [4.78, 5) is 43.6. The fourth-order valence-electron chi connectivity index (χ4n) is 3.06. The van der Waals surface area contributed by atoms with Crippen LogP contribution in [0.1, 0.15) is 17.4 Å². The smallest absolute Gasteiger partial charge is 0.356 e. The summed E-state index contributed by atoms with van der Waals surface area (Å²) < 4.78 is 1.61. The van der Waals surface area contributed by atoms with Gasteiger partial charge in [0.15, 0.2) is 17.2 Å². The predicted molar refractivity (Wildman–Crippen MR) is 95.4 cm³/mol. The number of anilines is 1. The van der Waals surface area contributed by atoms with Crippen LogP contribution in [-0.4, -0.2) is 72.4 Å². The summed E-state index contributed by atoms with van der Waals surface area (Å²) in [5.41, 5.74) is 1.01. The molecule has 1 fully saturated rings. The molecule has 0 radical (unpaired) electrons. The Morgan fingerprint density at radius 2 is 1.85 bits per heavy atom. The molecular formula is C17H17N7O3. The van der Waals surface area contributed by atoms with E-state index in [-0.39, 0.29) is 11.6 Å². The van der Waals surface area contributed by atoms with Gasteiger partial charge in [0, 0.05) is 45.5 Å². The Bertz CT molecular complexity index is 1020. The minimum Gasteiger partial charge on any atom is -0.476 e. The van der Waals surface area contributed by atoms with E-state index in [0.29, 0.717) is 43.3 Å². The second-order valence-electron chi connectivity index (χ2n) is 6.18. The van der Waals surface area contributed by atoms with Crippen LogP contribution in [0.3, 0.4) is 0 Å². The summed E-state index contributed by atoms with van der Waals surface area (Å²) in [5, 5.41) is 9.16. The van der Waals surface area contributed by atoms with Crippen LogP contribution in [0.25, 0.3) is 17.2 Å². The minimum atomic E-state index is -1.12. The van der Waals surface area contributed by atoms with E-state index in [9.17, 15) is 9.59 Å². The third kappa shape index (κ3) is 3.16. The summed E-state index contributed by atoms with van der Waals surface area (Å²) >= 11 is 0. The lowest BCUT2D eigenvalue weighted by Crippen LogP contribution is -2.48. The highest BCUT2D eigenvalue weighted by molar-refractivity contribution is 5.85. The van der Waals surface area contributed by atoms with Gasteiger partial charge in [0.05, 0.1) is 12.4 Å². The van der Waals surface area contributed by atoms with Crippen LogP contribution in [0, 0.1) is 0 Å². The number of hydrogen-bond donors (Lipinski definition) is 1. The summed E-state index contributed by atoms with van der Waals surface area (Å²) in [6, 6.07) is 1.82. The average molecular weight is 367 g/mol. The first-order chi connectivity index (χ1) is 13.0. The lowest BCUT2D eigenvalue weighted by atomic mass is 10.3. The number of carboxylic acids is 1. The number of carbonyl (C=O) groups excluding carboxylic acids is 1. The van der Waals surface area contributed by atoms with Crippen LogP contribution >= 0.6 is 0 Å². The molecule has 0 atom stereocenters. The number of rotatable bonds is 3. The van der Waals surface area contributed by atoms with Gasteiger partial charge in [-0.05, 0) is 6.07 Å². The zero-order valence-electron chi connectivity index (χ0n) is 14.6. The molecule has 10 nitrogen and oxygen atoms in total. The Balaban J connectivity index is 1.65. The van der Waals surface area contributed by atoms with E-state index in [4.69, 9.17) is 5.11 Å². The van der Waals surface area contributed by atoms with E-state index < -0.39 is 5.97 Å². The molecule has 4 heterocycles. The molecule has 3 aromatic rings. The number of carboxylic acid groups (broad SMARTS) is 1. The normalized spacial score (nSPS) is 14.6. The molecule has 0 aromatic carbocycles. The highest BCUT2D eigenvalue weighted by atomic mass is 16.4. The maximum absolute atomic E-state index is 11.5. The Morgan fingerprint density at radius 3 is 2.56 bits per heavy atom. The number of aromatic nitrogens is 5. The Labute approximate surface area is 154 Å². The SMILES string of the molecule is CC(=O)N1CCN(c2ccnc(-c3cnc4cnc(C(=O)O)cn34)n2)CC1. The molecule has 1 N–H and O–H groups in total. The second-order valence-corrected chi connectivity index (χ2v) is 6.18. The number of carbonyl (C=O) groups is 2. The van der Waals surface area contributed by atoms with Crippen LogP contribution in [0.15, 0.2) is 30.9 Å². The van der Waals surface area contributed by atoms with Crippen molar-refractivity contribution in [3.8, 4) is 11.5 Å². The van der Waals surface area contributed by atoms with E-state index in [1.807, 2.05) is 11.0 Å². The number of piperazine rings is 1. The fourth-order valence-corrected chi connectivity index (χ4v) is 3.06. The van der Waals surface area contributed by atoms with Crippen molar-refractivity contribution in [2.24, 2.45) is 0 Å². The van der Waals surface area contributed by atoms with Gasteiger partial charge in [0.25, 0.3) is 0 Å². The fraction of sp³-hybridized carbons (Fsp3) is 0.294. The molecule has 0 bridgehead atoms. The molecule has 1 aliphatic rings. The summed E-state index contributed by atoms with van der Waals surface area (Å²) in [7, 11) is 0. The van der Waals surface area contributed by atoms with E-state index in [0.717, 1.165) is 5.82 Å². The van der Waals surface area contributed by atoms with Gasteiger partial charge in [-0.2, -0.15) is 0 Å². The van der Waals surface area contributed by atoms with Crippen molar-refractivity contribution in [3.05, 3.63) is 36.5 Å². The topological polar surface area (TPSA) is 117 Å². The number of amides is 1. The van der Waals surface area contributed by atoms with Crippen LogP contribution in [0.5, 0.6) is 0 Å². The first-order valence-electron chi connectivity index (χ1n) is 8.43. The van der Waals surface area contributed by atoms with E-state index in [1.165, 1.54) is 12.4 Å². The predicted octanol–water partition coefficient (Wildman–Crippen LogP) is 0.553. The summed E-state index contributed by atoms with van der Waals surface area (Å²) in [6.07, 6.45) is 6.06. The monoisotopic (exact) mass is 367 g/mol. The molecule has 1 saturated heterocycles. The number of imidazole rings is 1. The van der Waals surface area contributed by atoms with Crippen molar-refractivity contribution in [2.45, 2.75) is 6.92 Å². The van der Waals surface area contributed by atoms with Crippen molar-refractivity contribution in [1.82, 2.24) is 29.2 Å². The van der Waals surface area contributed by atoms with Crippen molar-refractivity contribution >= 4 is 23.3 Å². The Hall–Kier alpha value is -3.56. The maximum atomic E-state index is 11.5. The van der Waals surface area contributed by atoms with Gasteiger partial charge < -0.3 is 14.9 Å². The number of nitrogens with zero attached hydrogens (tertiary/aromatic N) is 7. The molecule has 0 unspecified atom stereocenters. The molecule has 138 valence electrons. The number of fused-ring (bicyclic) bond motifs is 1. The van der Waals surface area contributed by atoms with Gasteiger partial charge in [0.2, 0.25) is 5.91 Å². The zero-order valence-corrected chi connectivity index (χ0v) is 14.6. The van der Waals surface area contributed by atoms with Crippen molar-refractivity contribution < 1.29 is 14.7 Å². The van der Waals surface area contributed by atoms with Gasteiger partial charge in [-0.25, -0.2) is 24.7 Å². The number of hydrogen-bond acceptors (Lipinski definition) is 7. The highest BCUT2D eigenvalue weighted by Gasteiger charge is 2.20. The van der Waals surface area contributed by atoms with E-state index in [1.54, 1.807) is 23.7 Å². The molecule has 0 spiro atoms. The highest BCUT2D eigenvalue weighted by Crippen LogP contribution is 2.21. The van der Waals surface area contributed by atoms with Crippen LogP contribution in [-0.2, 0) is 4.79 Å². The maximum Gasteiger partial charge on any atom is 0.356 e. The van der Waals surface area contributed by atoms with E-state index in [2.05, 4.69) is 24.8 Å². The van der Waals surface area contributed by atoms with Crippen molar-refractivity contribution in [1.29, 1.82) is 0 Å². The lowest BCUT2D eigenvalue weighted by Gasteiger charge is -2.34. The largest absolute Gasteiger partial charge is 0.476 e. The molecule has 4 rings (SSSR count). The van der Waals surface area contributed by atoms with Gasteiger partial charge in [-0.1, -0.05) is 0 Å². The standard InChI is InChI=1S/C17H17N7O3/c1-11(25)22-4-6-23(7-5-22)14-2-3-18-16(21-14)13-8-20-15-9-19-12(17(26)27)10-24(13)15/h2-3,8-10H,4-7H2,1H3,(H,26,27). The summed E-state index contributed by atoms with van der Waals surface area (Å²) in [6.45, 7) is 4.26. The quantitative estimate of drug-likeness (QED) is 0.713. The Morgan fingerprint density at radius 1 is 1.07 bits per heavy atom. The number of aromatic carboxylic acids is 1. The van der Waals surface area contributed by atoms with Crippen LogP contribution < -0.4 is 4.90 Å². The van der Waals surface area contributed by atoms with Crippen LogP contribution in [0.2, 0.25) is 0 Å². The zero-order chi connectivity index (χ0) is 19.0. The molecule has 0 aliphatic carbocycles. The summed E-state index contributed by atoms with van der Waals surface area (Å²) in [5.74, 6) is 0.156.